The van der Waals surface area contributed by atoms with Crippen LogP contribution in [-0.2, 0) is 14.3 Å². The van der Waals surface area contributed by atoms with Crippen LogP contribution >= 0.6 is 0 Å². The van der Waals surface area contributed by atoms with Crippen LogP contribution in [0.2, 0.25) is 0 Å². The lowest BCUT2D eigenvalue weighted by molar-refractivity contribution is -0.162. The number of hydrogen-bond acceptors (Lipinski definition) is 3. The molecule has 0 radical (unpaired) electrons. The van der Waals surface area contributed by atoms with Crippen LogP contribution in [0.4, 0.5) is 0 Å². The van der Waals surface area contributed by atoms with E-state index in [4.69, 9.17) is 4.74 Å². The number of carbonyl (C=O) groups is 2. The molecule has 0 unspecified atom stereocenters. The molecule has 5 nitrogen and oxygen atoms in total. The number of benzene rings is 2. The van der Waals surface area contributed by atoms with Gasteiger partial charge in [-0.25, -0.2) is 0 Å². The van der Waals surface area contributed by atoms with Gasteiger partial charge >= 0.3 is 0 Å². The molecule has 3 rings (SSSR count). The maximum absolute atomic E-state index is 12.8. The monoisotopic (exact) mass is 338 g/mol. The summed E-state index contributed by atoms with van der Waals surface area (Å²) in [4.78, 5) is 26.5. The van der Waals surface area contributed by atoms with Crippen molar-refractivity contribution in [3.05, 3.63) is 71.8 Å². The van der Waals surface area contributed by atoms with Crippen molar-refractivity contribution in [2.45, 2.75) is 25.1 Å². The summed E-state index contributed by atoms with van der Waals surface area (Å²) in [5, 5.41) is 3.00. The van der Waals surface area contributed by atoms with Gasteiger partial charge in [0, 0.05) is 7.05 Å². The number of hydrogen-bond donors (Lipinski definition) is 1. The lowest BCUT2D eigenvalue weighted by atomic mass is 9.97. The predicted molar refractivity (Wildman–Crippen MR) is 94.7 cm³/mol. The standard InChI is InChI=1S/C20H22N2O3/c1-14(15-9-5-3-6-10-15)21-20(24)19-18(16-11-7-4-8-12-16)22(2)17(23)13-25-19/h3-12,14,18-19H,13H2,1-2H3,(H,21,24)/t14-,18-,19+/m0/s1. The number of likely N-dealkylation sites (N-methyl/N-ethyl adjacent to an activating group) is 1. The fourth-order valence-electron chi connectivity index (χ4n) is 3.10. The van der Waals surface area contributed by atoms with Crippen molar-refractivity contribution in [2.75, 3.05) is 13.7 Å². The second kappa shape index (κ2) is 7.49. The van der Waals surface area contributed by atoms with E-state index in [0.29, 0.717) is 0 Å². The summed E-state index contributed by atoms with van der Waals surface area (Å²) in [6, 6.07) is 18.7. The third-order valence-electron chi connectivity index (χ3n) is 4.54. The van der Waals surface area contributed by atoms with E-state index < -0.39 is 12.1 Å². The number of ether oxygens (including phenoxy) is 1. The van der Waals surface area contributed by atoms with E-state index in [1.165, 1.54) is 0 Å². The van der Waals surface area contributed by atoms with Crippen molar-refractivity contribution in [2.24, 2.45) is 0 Å². The van der Waals surface area contributed by atoms with Crippen molar-refractivity contribution >= 4 is 11.8 Å². The van der Waals surface area contributed by atoms with E-state index >= 15 is 0 Å². The fraction of sp³-hybridized carbons (Fsp3) is 0.300. The zero-order valence-electron chi connectivity index (χ0n) is 14.4. The third kappa shape index (κ3) is 3.72. The molecule has 3 atom stereocenters. The molecule has 5 heteroatoms. The Labute approximate surface area is 147 Å². The molecule has 1 aliphatic heterocycles. The highest BCUT2D eigenvalue weighted by Gasteiger charge is 2.40. The van der Waals surface area contributed by atoms with Crippen LogP contribution in [0.1, 0.15) is 30.1 Å². The van der Waals surface area contributed by atoms with Crippen molar-refractivity contribution in [1.82, 2.24) is 10.2 Å². The molecule has 1 heterocycles. The van der Waals surface area contributed by atoms with E-state index in [2.05, 4.69) is 5.32 Å². The van der Waals surface area contributed by atoms with Gasteiger partial charge in [-0.1, -0.05) is 60.7 Å². The van der Waals surface area contributed by atoms with Crippen LogP contribution in [0.5, 0.6) is 0 Å². The van der Waals surface area contributed by atoms with Gasteiger partial charge in [0.2, 0.25) is 5.91 Å². The minimum Gasteiger partial charge on any atom is -0.356 e. The lowest BCUT2D eigenvalue weighted by Gasteiger charge is -2.38. The number of nitrogens with one attached hydrogen (secondary N) is 1. The van der Waals surface area contributed by atoms with Gasteiger partial charge < -0.3 is 15.0 Å². The van der Waals surface area contributed by atoms with Crippen molar-refractivity contribution in [1.29, 1.82) is 0 Å². The molecule has 2 amide bonds. The molecule has 1 aliphatic rings. The Balaban J connectivity index is 1.80. The Morgan fingerprint density at radius 1 is 1.12 bits per heavy atom. The van der Waals surface area contributed by atoms with Crippen LogP contribution in [0.25, 0.3) is 0 Å². The summed E-state index contributed by atoms with van der Waals surface area (Å²) >= 11 is 0. The molecule has 1 saturated heterocycles. The molecular weight excluding hydrogens is 316 g/mol. The van der Waals surface area contributed by atoms with E-state index in [0.717, 1.165) is 11.1 Å². The lowest BCUT2D eigenvalue weighted by Crippen LogP contribution is -2.53. The van der Waals surface area contributed by atoms with E-state index in [9.17, 15) is 9.59 Å². The molecule has 0 bridgehead atoms. The van der Waals surface area contributed by atoms with Crippen LogP contribution < -0.4 is 5.32 Å². The number of amides is 2. The molecule has 2 aromatic carbocycles. The second-order valence-electron chi connectivity index (χ2n) is 6.23. The molecule has 0 aromatic heterocycles. The molecule has 0 saturated carbocycles. The number of morpholine rings is 1. The van der Waals surface area contributed by atoms with Crippen molar-refractivity contribution in [3.8, 4) is 0 Å². The summed E-state index contributed by atoms with van der Waals surface area (Å²) in [6.07, 6.45) is -0.740. The number of rotatable bonds is 4. The quantitative estimate of drug-likeness (QED) is 0.932. The summed E-state index contributed by atoms with van der Waals surface area (Å²) in [5.74, 6) is -0.349. The topological polar surface area (TPSA) is 58.6 Å². The van der Waals surface area contributed by atoms with Gasteiger partial charge in [0.1, 0.15) is 6.61 Å². The maximum Gasteiger partial charge on any atom is 0.252 e. The highest BCUT2D eigenvalue weighted by atomic mass is 16.5. The first kappa shape index (κ1) is 17.2. The Hall–Kier alpha value is -2.66. The van der Waals surface area contributed by atoms with Gasteiger partial charge in [0.15, 0.2) is 6.10 Å². The molecule has 130 valence electrons. The number of carbonyl (C=O) groups excluding carboxylic acids is 2. The van der Waals surface area contributed by atoms with Crippen LogP contribution in [0.15, 0.2) is 60.7 Å². The van der Waals surface area contributed by atoms with Gasteiger partial charge in [-0.2, -0.15) is 0 Å². The van der Waals surface area contributed by atoms with Crippen LogP contribution in [0, 0.1) is 0 Å². The third-order valence-corrected chi connectivity index (χ3v) is 4.54. The Morgan fingerprint density at radius 2 is 1.72 bits per heavy atom. The van der Waals surface area contributed by atoms with Gasteiger partial charge in [0.25, 0.3) is 5.91 Å². The van der Waals surface area contributed by atoms with Gasteiger partial charge in [-0.3, -0.25) is 9.59 Å². The maximum atomic E-state index is 12.8. The zero-order chi connectivity index (χ0) is 17.8. The second-order valence-corrected chi connectivity index (χ2v) is 6.23. The van der Waals surface area contributed by atoms with Crippen molar-refractivity contribution < 1.29 is 14.3 Å². The molecule has 0 spiro atoms. The Kier molecular flexibility index (Phi) is 5.14. The smallest absolute Gasteiger partial charge is 0.252 e. The predicted octanol–water partition coefficient (Wildman–Crippen LogP) is 2.46. The molecule has 2 aromatic rings. The first-order chi connectivity index (χ1) is 12.1. The Bertz CT molecular complexity index is 733. The normalized spacial score (nSPS) is 21.7. The first-order valence-electron chi connectivity index (χ1n) is 8.35. The summed E-state index contributed by atoms with van der Waals surface area (Å²) < 4.78 is 5.62. The van der Waals surface area contributed by atoms with Gasteiger partial charge in [0.05, 0.1) is 12.1 Å². The van der Waals surface area contributed by atoms with Crippen molar-refractivity contribution in [3.63, 3.8) is 0 Å². The van der Waals surface area contributed by atoms with Gasteiger partial charge in [-0.05, 0) is 18.1 Å². The minimum atomic E-state index is -0.740. The molecular formula is C20H22N2O3. The van der Waals surface area contributed by atoms with Gasteiger partial charge in [-0.15, -0.1) is 0 Å². The average molecular weight is 338 g/mol. The number of nitrogens with zero attached hydrogens (tertiary/aromatic N) is 1. The highest BCUT2D eigenvalue weighted by molar-refractivity contribution is 5.86. The summed E-state index contributed by atoms with van der Waals surface area (Å²) in [7, 11) is 1.71. The van der Waals surface area contributed by atoms with Crippen LogP contribution in [0.3, 0.4) is 0 Å². The largest absolute Gasteiger partial charge is 0.356 e. The molecule has 1 N–H and O–H groups in total. The SMILES string of the molecule is C[C@H](NC(=O)[C@@H]1OCC(=O)N(C)[C@H]1c1ccccc1)c1ccccc1. The molecule has 1 fully saturated rings. The highest BCUT2D eigenvalue weighted by Crippen LogP contribution is 2.29. The molecule has 25 heavy (non-hydrogen) atoms. The summed E-state index contributed by atoms with van der Waals surface area (Å²) in [5.41, 5.74) is 1.90. The average Bonchev–Trinajstić information content (AvgIpc) is 2.65. The Morgan fingerprint density at radius 3 is 2.36 bits per heavy atom. The zero-order valence-corrected chi connectivity index (χ0v) is 14.4. The van der Waals surface area contributed by atoms with E-state index in [1.54, 1.807) is 11.9 Å². The minimum absolute atomic E-state index is 0.0857. The van der Waals surface area contributed by atoms with E-state index in [1.807, 2.05) is 67.6 Å². The summed E-state index contributed by atoms with van der Waals surface area (Å²) in [6.45, 7) is 1.85. The van der Waals surface area contributed by atoms with Crippen LogP contribution in [-0.4, -0.2) is 36.5 Å². The van der Waals surface area contributed by atoms with E-state index in [-0.39, 0.29) is 24.5 Å². The first-order valence-corrected chi connectivity index (χ1v) is 8.35. The molecule has 0 aliphatic carbocycles. The fourth-order valence-corrected chi connectivity index (χ4v) is 3.10.